The Hall–Kier alpha value is -1.63. The van der Waals surface area contributed by atoms with Crippen molar-refractivity contribution in [1.29, 1.82) is 0 Å². The van der Waals surface area contributed by atoms with Gasteiger partial charge in [-0.25, -0.2) is 9.18 Å². The van der Waals surface area contributed by atoms with Gasteiger partial charge in [0.15, 0.2) is 0 Å². The van der Waals surface area contributed by atoms with Gasteiger partial charge in [0.05, 0.1) is 12.1 Å². The molecule has 0 heterocycles. The third kappa shape index (κ3) is 4.80. The molecule has 5 nitrogen and oxygen atoms in total. The molecule has 1 aromatic rings. The first-order chi connectivity index (χ1) is 9.31. The lowest BCUT2D eigenvalue weighted by Gasteiger charge is -2.26. The van der Waals surface area contributed by atoms with E-state index in [0.717, 1.165) is 0 Å². The number of anilines is 1. The van der Waals surface area contributed by atoms with E-state index in [4.69, 9.17) is 5.11 Å². The predicted molar refractivity (Wildman–Crippen MR) is 77.2 cm³/mol. The van der Waals surface area contributed by atoms with Gasteiger partial charge in [-0.3, -0.25) is 4.79 Å². The Morgan fingerprint density at radius 3 is 2.60 bits per heavy atom. The first-order valence-corrected chi connectivity index (χ1v) is 6.85. The zero-order valence-electron chi connectivity index (χ0n) is 11.2. The highest BCUT2D eigenvalue weighted by atomic mass is 79.9. The molecule has 20 heavy (non-hydrogen) atoms. The number of amides is 2. The van der Waals surface area contributed by atoms with E-state index < -0.39 is 17.8 Å². The second-order valence-electron chi connectivity index (χ2n) is 4.49. The molecule has 0 saturated carbocycles. The number of nitrogens with one attached hydrogen (secondary N) is 1. The molecule has 0 bridgehead atoms. The van der Waals surface area contributed by atoms with Gasteiger partial charge < -0.3 is 15.3 Å². The lowest BCUT2D eigenvalue weighted by Crippen LogP contribution is -2.41. The van der Waals surface area contributed by atoms with E-state index in [9.17, 15) is 14.0 Å². The molecule has 0 unspecified atom stereocenters. The summed E-state index contributed by atoms with van der Waals surface area (Å²) in [5, 5.41) is 11.1. The fourth-order valence-corrected chi connectivity index (χ4v) is 1.92. The lowest BCUT2D eigenvalue weighted by atomic mass is 10.3. The zero-order chi connectivity index (χ0) is 15.3. The molecule has 1 rings (SSSR count). The molecule has 0 radical (unpaired) electrons. The normalized spacial score (nSPS) is 10.4. The van der Waals surface area contributed by atoms with Gasteiger partial charge in [-0.15, -0.1) is 0 Å². The number of rotatable bonds is 5. The molecular weight excluding hydrogens is 331 g/mol. The zero-order valence-corrected chi connectivity index (χ0v) is 12.8. The van der Waals surface area contributed by atoms with Crippen LogP contribution in [-0.4, -0.2) is 34.6 Å². The van der Waals surface area contributed by atoms with Crippen molar-refractivity contribution < 1.29 is 19.1 Å². The van der Waals surface area contributed by atoms with Crippen LogP contribution in [0.1, 0.15) is 20.3 Å². The molecule has 0 saturated heterocycles. The minimum Gasteiger partial charge on any atom is -0.481 e. The summed E-state index contributed by atoms with van der Waals surface area (Å²) in [5.74, 6) is -1.55. The number of hydrogen-bond donors (Lipinski definition) is 2. The number of carbonyl (C=O) groups excluding carboxylic acids is 1. The molecule has 2 N–H and O–H groups in total. The molecule has 0 aromatic heterocycles. The van der Waals surface area contributed by atoms with Crippen molar-refractivity contribution in [3.05, 3.63) is 28.5 Å². The first kappa shape index (κ1) is 16.4. The van der Waals surface area contributed by atoms with Gasteiger partial charge in [-0.05, 0) is 32.0 Å². The Balaban J connectivity index is 2.77. The van der Waals surface area contributed by atoms with Gasteiger partial charge in [0.1, 0.15) is 5.82 Å². The highest BCUT2D eigenvalue weighted by Crippen LogP contribution is 2.20. The SMILES string of the molecule is CC(C)N(CCC(=O)O)C(=O)Nc1ccc(Br)cc1F. The number of urea groups is 1. The van der Waals surface area contributed by atoms with Crippen LogP contribution in [0.2, 0.25) is 0 Å². The van der Waals surface area contributed by atoms with Crippen molar-refractivity contribution in [1.82, 2.24) is 4.90 Å². The van der Waals surface area contributed by atoms with E-state index in [0.29, 0.717) is 4.47 Å². The van der Waals surface area contributed by atoms with Gasteiger partial charge in [0.2, 0.25) is 0 Å². The van der Waals surface area contributed by atoms with Gasteiger partial charge in [0, 0.05) is 17.1 Å². The molecule has 2 amide bonds. The van der Waals surface area contributed by atoms with Crippen LogP contribution < -0.4 is 5.32 Å². The number of benzene rings is 1. The maximum absolute atomic E-state index is 13.6. The Bertz CT molecular complexity index is 508. The first-order valence-electron chi connectivity index (χ1n) is 6.05. The third-order valence-corrected chi connectivity index (χ3v) is 3.12. The number of carbonyl (C=O) groups is 2. The van der Waals surface area contributed by atoms with Crippen molar-refractivity contribution >= 4 is 33.6 Å². The van der Waals surface area contributed by atoms with Gasteiger partial charge in [-0.2, -0.15) is 0 Å². The number of hydrogen-bond acceptors (Lipinski definition) is 2. The van der Waals surface area contributed by atoms with Crippen LogP contribution in [0, 0.1) is 5.82 Å². The average molecular weight is 347 g/mol. The van der Waals surface area contributed by atoms with Gasteiger partial charge >= 0.3 is 12.0 Å². The highest BCUT2D eigenvalue weighted by molar-refractivity contribution is 9.10. The molecule has 1 aromatic carbocycles. The molecule has 0 fully saturated rings. The van der Waals surface area contributed by atoms with Crippen LogP contribution >= 0.6 is 15.9 Å². The quantitative estimate of drug-likeness (QED) is 0.859. The molecule has 0 spiro atoms. The third-order valence-electron chi connectivity index (χ3n) is 2.62. The van der Waals surface area contributed by atoms with Crippen LogP contribution in [0.5, 0.6) is 0 Å². The molecule has 0 aliphatic rings. The van der Waals surface area contributed by atoms with Crippen LogP contribution in [0.4, 0.5) is 14.9 Å². The maximum atomic E-state index is 13.6. The monoisotopic (exact) mass is 346 g/mol. The Kier molecular flexibility index (Phi) is 5.94. The number of aliphatic carboxylic acids is 1. The van der Waals surface area contributed by atoms with Crippen molar-refractivity contribution in [3.8, 4) is 0 Å². The van der Waals surface area contributed by atoms with E-state index in [1.165, 1.54) is 17.0 Å². The fraction of sp³-hybridized carbons (Fsp3) is 0.385. The summed E-state index contributed by atoms with van der Waals surface area (Å²) in [6.07, 6.45) is -0.158. The van der Waals surface area contributed by atoms with Crippen molar-refractivity contribution in [3.63, 3.8) is 0 Å². The highest BCUT2D eigenvalue weighted by Gasteiger charge is 2.19. The molecule has 0 aliphatic carbocycles. The fourth-order valence-electron chi connectivity index (χ4n) is 1.59. The minimum absolute atomic E-state index is 0.0548. The Morgan fingerprint density at radius 2 is 2.10 bits per heavy atom. The summed E-state index contributed by atoms with van der Waals surface area (Å²) in [5.41, 5.74) is 0.0548. The predicted octanol–water partition coefficient (Wildman–Crippen LogP) is 3.31. The number of halogens is 2. The Morgan fingerprint density at radius 1 is 1.45 bits per heavy atom. The maximum Gasteiger partial charge on any atom is 0.322 e. The molecular formula is C13H16BrFN2O3. The van der Waals surface area contributed by atoms with E-state index in [1.807, 2.05) is 0 Å². The topological polar surface area (TPSA) is 69.6 Å². The van der Waals surface area contributed by atoms with E-state index in [-0.39, 0.29) is 24.7 Å². The minimum atomic E-state index is -0.988. The smallest absolute Gasteiger partial charge is 0.322 e. The van der Waals surface area contributed by atoms with E-state index >= 15 is 0 Å². The van der Waals surface area contributed by atoms with Crippen LogP contribution in [0.25, 0.3) is 0 Å². The molecule has 0 atom stereocenters. The summed E-state index contributed by atoms with van der Waals surface area (Å²) < 4.78 is 14.2. The van der Waals surface area contributed by atoms with Crippen LogP contribution in [0.3, 0.4) is 0 Å². The van der Waals surface area contributed by atoms with Gasteiger partial charge in [0.25, 0.3) is 0 Å². The van der Waals surface area contributed by atoms with Crippen molar-refractivity contribution in [2.24, 2.45) is 0 Å². The summed E-state index contributed by atoms with van der Waals surface area (Å²) in [6, 6.07) is 3.57. The summed E-state index contributed by atoms with van der Waals surface area (Å²) in [4.78, 5) is 24.0. The van der Waals surface area contributed by atoms with Gasteiger partial charge in [-0.1, -0.05) is 15.9 Å². The Labute approximate surface area is 124 Å². The van der Waals surface area contributed by atoms with Crippen LogP contribution in [0.15, 0.2) is 22.7 Å². The molecule has 7 heteroatoms. The number of carboxylic acid groups (broad SMARTS) is 1. The lowest BCUT2D eigenvalue weighted by molar-refractivity contribution is -0.137. The van der Waals surface area contributed by atoms with Crippen molar-refractivity contribution in [2.45, 2.75) is 26.3 Å². The summed E-state index contributed by atoms with van der Waals surface area (Å²) in [7, 11) is 0. The number of nitrogens with zero attached hydrogens (tertiary/aromatic N) is 1. The molecule has 0 aliphatic heterocycles. The van der Waals surface area contributed by atoms with E-state index in [2.05, 4.69) is 21.2 Å². The van der Waals surface area contributed by atoms with Crippen molar-refractivity contribution in [2.75, 3.05) is 11.9 Å². The summed E-state index contributed by atoms with van der Waals surface area (Å²) in [6.45, 7) is 3.59. The largest absolute Gasteiger partial charge is 0.481 e. The average Bonchev–Trinajstić information content (AvgIpc) is 2.32. The second kappa shape index (κ2) is 7.23. The summed E-state index contributed by atoms with van der Waals surface area (Å²) >= 11 is 3.13. The standard InChI is InChI=1S/C13H16BrFN2O3/c1-8(2)17(6-5-12(18)19)13(20)16-11-4-3-9(14)7-10(11)15/h3-4,7-8H,5-6H2,1-2H3,(H,16,20)(H,18,19). The van der Waals surface area contributed by atoms with Crippen LogP contribution in [-0.2, 0) is 4.79 Å². The second-order valence-corrected chi connectivity index (χ2v) is 5.40. The van der Waals surface area contributed by atoms with E-state index in [1.54, 1.807) is 19.9 Å². The number of carboxylic acids is 1. The molecule has 110 valence electrons.